The van der Waals surface area contributed by atoms with Gasteiger partial charge >= 0.3 is 0 Å². The van der Waals surface area contributed by atoms with E-state index in [0.29, 0.717) is 33.7 Å². The summed E-state index contributed by atoms with van der Waals surface area (Å²) >= 11 is 0. The number of aromatic nitrogens is 3. The summed E-state index contributed by atoms with van der Waals surface area (Å²) in [4.78, 5) is 4.53. The molecule has 158 valence electrons. The van der Waals surface area contributed by atoms with Gasteiger partial charge in [-0.3, -0.25) is 0 Å². The molecular formula is C24H23FN4O2. The van der Waals surface area contributed by atoms with E-state index in [1.165, 1.54) is 6.07 Å². The predicted molar refractivity (Wildman–Crippen MR) is 116 cm³/mol. The van der Waals surface area contributed by atoms with Crippen LogP contribution in [0.5, 0.6) is 5.75 Å². The second-order valence-electron chi connectivity index (χ2n) is 7.75. The molecule has 0 unspecified atom stereocenters. The maximum atomic E-state index is 14.6. The van der Waals surface area contributed by atoms with Crippen molar-refractivity contribution in [2.24, 2.45) is 7.05 Å². The number of fused-ring (bicyclic) bond motifs is 1. The third-order valence-electron chi connectivity index (χ3n) is 5.05. The van der Waals surface area contributed by atoms with Gasteiger partial charge in [-0.2, -0.15) is 10.2 Å². The number of nitrogens with zero attached hydrogens (tertiary/aromatic N) is 4. The molecule has 0 spiro atoms. The number of nitriles is 1. The van der Waals surface area contributed by atoms with Crippen LogP contribution in [0, 0.1) is 17.1 Å². The standard InChI is InChI=1S/C24H23FN4O2/c1-5-6-16-13-29(4)22-18(8-9-19(25)21(16)22)23-27-24(31-28-23)15-7-10-20(30-14(2)3)17(11-15)12-26/h7-11,13-14H,5-6H2,1-4H3. The summed E-state index contributed by atoms with van der Waals surface area (Å²) in [7, 11) is 1.89. The first-order valence-corrected chi connectivity index (χ1v) is 10.2. The Labute approximate surface area is 179 Å². The average molecular weight is 418 g/mol. The van der Waals surface area contributed by atoms with Gasteiger partial charge in [0.25, 0.3) is 5.89 Å². The van der Waals surface area contributed by atoms with E-state index < -0.39 is 0 Å². The number of ether oxygens (including phenoxy) is 1. The molecule has 0 aliphatic rings. The molecule has 4 rings (SSSR count). The molecule has 6 nitrogen and oxygen atoms in total. The highest BCUT2D eigenvalue weighted by molar-refractivity contribution is 5.95. The van der Waals surface area contributed by atoms with E-state index in [1.54, 1.807) is 24.3 Å². The lowest BCUT2D eigenvalue weighted by molar-refractivity contribution is 0.241. The number of halogens is 1. The normalized spacial score (nSPS) is 11.3. The second-order valence-corrected chi connectivity index (χ2v) is 7.75. The Morgan fingerprint density at radius 3 is 2.77 bits per heavy atom. The van der Waals surface area contributed by atoms with Crippen molar-refractivity contribution in [3.63, 3.8) is 0 Å². The second kappa shape index (κ2) is 8.23. The molecular weight excluding hydrogens is 395 g/mol. The fourth-order valence-electron chi connectivity index (χ4n) is 3.80. The van der Waals surface area contributed by atoms with Gasteiger partial charge < -0.3 is 13.8 Å². The largest absolute Gasteiger partial charge is 0.490 e. The summed E-state index contributed by atoms with van der Waals surface area (Å²) in [6.45, 7) is 5.87. The SMILES string of the molecule is CCCc1cn(C)c2c(-c3noc(-c4ccc(OC(C)C)c(C#N)c4)n3)ccc(F)c12. The van der Waals surface area contributed by atoms with Gasteiger partial charge in [-0.05, 0) is 56.2 Å². The van der Waals surface area contributed by atoms with Gasteiger partial charge in [0, 0.05) is 29.8 Å². The molecule has 0 saturated heterocycles. The topological polar surface area (TPSA) is 76.9 Å². The smallest absolute Gasteiger partial charge is 0.258 e. The summed E-state index contributed by atoms with van der Waals surface area (Å²) in [5.41, 5.74) is 3.39. The molecule has 0 fully saturated rings. The highest BCUT2D eigenvalue weighted by atomic mass is 19.1. The van der Waals surface area contributed by atoms with Crippen molar-refractivity contribution in [2.75, 3.05) is 0 Å². The van der Waals surface area contributed by atoms with Crippen molar-refractivity contribution in [3.8, 4) is 34.7 Å². The lowest BCUT2D eigenvalue weighted by Crippen LogP contribution is -2.06. The van der Waals surface area contributed by atoms with E-state index in [0.717, 1.165) is 23.9 Å². The van der Waals surface area contributed by atoms with Gasteiger partial charge in [0.2, 0.25) is 5.82 Å². The first kappa shape index (κ1) is 20.6. The lowest BCUT2D eigenvalue weighted by Gasteiger charge is -2.11. The van der Waals surface area contributed by atoms with Gasteiger partial charge in [0.05, 0.1) is 17.2 Å². The Hall–Kier alpha value is -3.66. The first-order valence-electron chi connectivity index (χ1n) is 10.2. The maximum absolute atomic E-state index is 14.6. The molecule has 0 aliphatic carbocycles. The van der Waals surface area contributed by atoms with Crippen molar-refractivity contribution in [1.82, 2.24) is 14.7 Å². The van der Waals surface area contributed by atoms with Crippen molar-refractivity contribution in [1.29, 1.82) is 5.26 Å². The van der Waals surface area contributed by atoms with Crippen molar-refractivity contribution in [2.45, 2.75) is 39.7 Å². The Kier molecular flexibility index (Phi) is 5.47. The van der Waals surface area contributed by atoms with E-state index in [4.69, 9.17) is 9.26 Å². The molecule has 2 heterocycles. The zero-order valence-electron chi connectivity index (χ0n) is 17.9. The van der Waals surface area contributed by atoms with E-state index in [9.17, 15) is 9.65 Å². The minimum atomic E-state index is -0.258. The number of benzene rings is 2. The predicted octanol–water partition coefficient (Wildman–Crippen LogP) is 5.65. The highest BCUT2D eigenvalue weighted by Crippen LogP contribution is 2.34. The molecule has 0 atom stereocenters. The van der Waals surface area contributed by atoms with Crippen LogP contribution in [0.3, 0.4) is 0 Å². The molecule has 0 amide bonds. The number of hydrogen-bond donors (Lipinski definition) is 0. The van der Waals surface area contributed by atoms with Crippen LogP contribution in [0.15, 0.2) is 41.1 Å². The Morgan fingerprint density at radius 1 is 1.26 bits per heavy atom. The zero-order chi connectivity index (χ0) is 22.1. The molecule has 7 heteroatoms. The molecule has 4 aromatic rings. The van der Waals surface area contributed by atoms with E-state index in [2.05, 4.69) is 23.1 Å². The van der Waals surface area contributed by atoms with Gasteiger partial charge in [-0.15, -0.1) is 0 Å². The fourth-order valence-corrected chi connectivity index (χ4v) is 3.80. The maximum Gasteiger partial charge on any atom is 0.258 e. The minimum Gasteiger partial charge on any atom is -0.490 e. The fraction of sp³-hybridized carbons (Fsp3) is 0.292. The lowest BCUT2D eigenvalue weighted by atomic mass is 10.0. The van der Waals surface area contributed by atoms with Gasteiger partial charge in [-0.25, -0.2) is 4.39 Å². The van der Waals surface area contributed by atoms with Crippen LogP contribution in [0.1, 0.15) is 38.3 Å². The monoisotopic (exact) mass is 418 g/mol. The Bertz CT molecular complexity index is 1300. The number of aryl methyl sites for hydroxylation is 2. The average Bonchev–Trinajstić information content (AvgIpc) is 3.35. The first-order chi connectivity index (χ1) is 14.9. The van der Waals surface area contributed by atoms with Crippen LogP contribution < -0.4 is 4.74 Å². The molecule has 0 aliphatic heterocycles. The van der Waals surface area contributed by atoms with Crippen LogP contribution in [-0.2, 0) is 13.5 Å². The van der Waals surface area contributed by atoms with Crippen molar-refractivity contribution < 1.29 is 13.7 Å². The molecule has 0 N–H and O–H groups in total. The summed E-state index contributed by atoms with van der Waals surface area (Å²) in [5.74, 6) is 0.896. The zero-order valence-corrected chi connectivity index (χ0v) is 17.9. The van der Waals surface area contributed by atoms with E-state index in [1.807, 2.05) is 31.7 Å². The quantitative estimate of drug-likeness (QED) is 0.405. The minimum absolute atomic E-state index is 0.0447. The van der Waals surface area contributed by atoms with Crippen LogP contribution in [0.2, 0.25) is 0 Å². The van der Waals surface area contributed by atoms with Crippen LogP contribution in [0.25, 0.3) is 33.7 Å². The Balaban J connectivity index is 1.78. The molecule has 2 aromatic carbocycles. The molecule has 2 aromatic heterocycles. The summed E-state index contributed by atoms with van der Waals surface area (Å²) in [6.07, 6.45) is 3.62. The van der Waals surface area contributed by atoms with Gasteiger partial charge in [0.1, 0.15) is 17.6 Å². The highest BCUT2D eigenvalue weighted by Gasteiger charge is 2.20. The third-order valence-corrected chi connectivity index (χ3v) is 5.05. The van der Waals surface area contributed by atoms with E-state index in [-0.39, 0.29) is 17.8 Å². The summed E-state index contributed by atoms with van der Waals surface area (Å²) in [5, 5.41) is 14.2. The van der Waals surface area contributed by atoms with Gasteiger partial charge in [-0.1, -0.05) is 18.5 Å². The van der Waals surface area contributed by atoms with Crippen LogP contribution in [-0.4, -0.2) is 20.8 Å². The molecule has 0 radical (unpaired) electrons. The van der Waals surface area contributed by atoms with Crippen LogP contribution in [0.4, 0.5) is 4.39 Å². The molecule has 0 bridgehead atoms. The van der Waals surface area contributed by atoms with Crippen molar-refractivity contribution in [3.05, 3.63) is 53.5 Å². The molecule has 0 saturated carbocycles. The molecule has 31 heavy (non-hydrogen) atoms. The summed E-state index contributed by atoms with van der Waals surface area (Å²) < 4.78 is 27.7. The van der Waals surface area contributed by atoms with Crippen molar-refractivity contribution >= 4 is 10.9 Å². The Morgan fingerprint density at radius 2 is 2.06 bits per heavy atom. The van der Waals surface area contributed by atoms with Gasteiger partial charge in [0.15, 0.2) is 0 Å². The number of hydrogen-bond acceptors (Lipinski definition) is 5. The van der Waals surface area contributed by atoms with Crippen LogP contribution >= 0.6 is 0 Å². The van der Waals surface area contributed by atoms with E-state index >= 15 is 0 Å². The summed E-state index contributed by atoms with van der Waals surface area (Å²) in [6, 6.07) is 10.4. The number of rotatable bonds is 6. The third kappa shape index (κ3) is 3.77.